The van der Waals surface area contributed by atoms with E-state index in [1.54, 1.807) is 0 Å². The summed E-state index contributed by atoms with van der Waals surface area (Å²) in [6.45, 7) is 17.6. The second-order valence-corrected chi connectivity index (χ2v) is 17.3. The van der Waals surface area contributed by atoms with Gasteiger partial charge in [-0.05, 0) is 43.2 Å². The lowest BCUT2D eigenvalue weighted by molar-refractivity contribution is -0.0850. The summed E-state index contributed by atoms with van der Waals surface area (Å²) in [5.74, 6) is 2.01. The topological polar surface area (TPSA) is 36.9 Å². The van der Waals surface area contributed by atoms with Gasteiger partial charge in [-0.25, -0.2) is 0 Å². The molecule has 2 aliphatic heterocycles. The lowest BCUT2D eigenvalue weighted by atomic mass is 9.96. The van der Waals surface area contributed by atoms with E-state index in [1.807, 2.05) is 6.92 Å². The van der Waals surface area contributed by atoms with Gasteiger partial charge < -0.3 is 18.3 Å². The van der Waals surface area contributed by atoms with Crippen molar-refractivity contribution in [3.63, 3.8) is 0 Å². The Bertz CT molecular complexity index is 690. The first-order valence-corrected chi connectivity index (χ1v) is 15.2. The highest BCUT2D eigenvalue weighted by molar-refractivity contribution is 6.89. The van der Waals surface area contributed by atoms with E-state index in [0.29, 0.717) is 0 Å². The maximum atomic E-state index is 6.73. The van der Waals surface area contributed by atoms with E-state index in [2.05, 4.69) is 60.6 Å². The molecule has 0 saturated heterocycles. The monoisotopic (exact) mass is 408 g/mol. The van der Waals surface area contributed by atoms with Gasteiger partial charge in [-0.15, -0.1) is 0 Å². The Hall–Kier alpha value is -0.826. The zero-order chi connectivity index (χ0) is 20.0. The van der Waals surface area contributed by atoms with Gasteiger partial charge >= 0.3 is 0 Å². The van der Waals surface area contributed by atoms with Crippen molar-refractivity contribution in [2.45, 2.75) is 92.1 Å². The van der Waals surface area contributed by atoms with Crippen molar-refractivity contribution in [1.29, 1.82) is 0 Å². The van der Waals surface area contributed by atoms with E-state index >= 15 is 0 Å². The summed E-state index contributed by atoms with van der Waals surface area (Å²) in [5.41, 5.74) is -0.0677. The van der Waals surface area contributed by atoms with Crippen LogP contribution in [0.5, 0.6) is 11.5 Å². The fraction of sp³-hybridized carbons (Fsp3) is 0.714. The molecule has 27 heavy (non-hydrogen) atoms. The van der Waals surface area contributed by atoms with Gasteiger partial charge in [-0.3, -0.25) is 0 Å². The lowest BCUT2D eigenvalue weighted by Gasteiger charge is -2.46. The highest BCUT2D eigenvalue weighted by Gasteiger charge is 2.49. The molecule has 4 nitrogen and oxygen atoms in total. The van der Waals surface area contributed by atoms with Crippen LogP contribution in [0.15, 0.2) is 12.1 Å². The molecule has 2 unspecified atom stereocenters. The van der Waals surface area contributed by atoms with Gasteiger partial charge in [-0.2, -0.15) is 0 Å². The van der Waals surface area contributed by atoms with Crippen LogP contribution >= 0.6 is 0 Å². The Morgan fingerprint density at radius 3 is 1.67 bits per heavy atom. The average molecular weight is 409 g/mol. The molecule has 0 radical (unpaired) electrons. The fourth-order valence-corrected chi connectivity index (χ4v) is 11.3. The summed E-state index contributed by atoms with van der Waals surface area (Å²) >= 11 is 0. The molecule has 2 atom stereocenters. The molecule has 2 heterocycles. The number of benzene rings is 1. The minimum atomic E-state index is -2.10. The Labute approximate surface area is 166 Å². The second kappa shape index (κ2) is 7.21. The number of rotatable bonds is 4. The molecule has 3 rings (SSSR count). The molecule has 0 fully saturated rings. The van der Waals surface area contributed by atoms with Gasteiger partial charge in [0.05, 0.1) is 0 Å². The quantitative estimate of drug-likeness (QED) is 0.682. The van der Waals surface area contributed by atoms with E-state index in [0.717, 1.165) is 35.7 Å². The van der Waals surface area contributed by atoms with Gasteiger partial charge in [0, 0.05) is 15.8 Å². The second-order valence-electron chi connectivity index (χ2n) is 8.98. The molecule has 0 amide bonds. The summed E-state index contributed by atoms with van der Waals surface area (Å²) in [6.07, 6.45) is -0.396. The van der Waals surface area contributed by atoms with E-state index < -0.39 is 16.6 Å². The average Bonchev–Trinajstić information content (AvgIpc) is 2.64. The summed E-state index contributed by atoms with van der Waals surface area (Å²) < 4.78 is 25.8. The molecule has 0 aromatic heterocycles. The van der Waals surface area contributed by atoms with Crippen molar-refractivity contribution in [3.8, 4) is 11.5 Å². The maximum Gasteiger partial charge on any atom is 0.232 e. The first-order valence-electron chi connectivity index (χ1n) is 10.5. The first-order chi connectivity index (χ1) is 12.6. The van der Waals surface area contributed by atoms with Crippen LogP contribution in [0, 0.1) is 5.41 Å². The van der Waals surface area contributed by atoms with Crippen molar-refractivity contribution in [3.05, 3.63) is 12.1 Å². The standard InChI is InChI=1S/C21H36O4Si2/c1-9-26(10-2)18-14-17-19(13-16(18)22-15(5)24-26)27(11-3,12-4)25-20(23-17)21(6,7)8/h13-15,20H,9-12H2,1-8H3. The van der Waals surface area contributed by atoms with E-state index in [4.69, 9.17) is 18.3 Å². The van der Waals surface area contributed by atoms with Crippen molar-refractivity contribution in [2.24, 2.45) is 5.41 Å². The maximum absolute atomic E-state index is 6.73. The van der Waals surface area contributed by atoms with Crippen LogP contribution in [0.2, 0.25) is 24.2 Å². The third kappa shape index (κ3) is 3.39. The van der Waals surface area contributed by atoms with Gasteiger partial charge in [0.15, 0.2) is 12.6 Å². The van der Waals surface area contributed by atoms with Crippen LogP contribution < -0.4 is 19.8 Å². The van der Waals surface area contributed by atoms with Gasteiger partial charge in [0.25, 0.3) is 0 Å². The van der Waals surface area contributed by atoms with Crippen molar-refractivity contribution >= 4 is 27.0 Å². The number of ether oxygens (including phenoxy) is 2. The summed E-state index contributed by atoms with van der Waals surface area (Å²) in [4.78, 5) is 0. The summed E-state index contributed by atoms with van der Waals surface area (Å²) in [6, 6.07) is 8.68. The van der Waals surface area contributed by atoms with Gasteiger partial charge in [0.2, 0.25) is 16.6 Å². The lowest BCUT2D eigenvalue weighted by Crippen LogP contribution is -2.62. The third-order valence-electron chi connectivity index (χ3n) is 6.31. The molecule has 152 valence electrons. The molecule has 0 bridgehead atoms. The van der Waals surface area contributed by atoms with Crippen LogP contribution in [-0.2, 0) is 8.85 Å². The van der Waals surface area contributed by atoms with Crippen molar-refractivity contribution in [1.82, 2.24) is 0 Å². The number of hydrogen-bond acceptors (Lipinski definition) is 4. The van der Waals surface area contributed by atoms with Crippen molar-refractivity contribution < 1.29 is 18.3 Å². The predicted octanol–water partition coefficient (Wildman–Crippen LogP) is 4.61. The SMILES string of the molecule is CC[Si]1(CC)OC(C)Oc2cc3c(cc21)OC(C(C)(C)C)O[Si]3(CC)CC. The van der Waals surface area contributed by atoms with E-state index in [-0.39, 0.29) is 18.0 Å². The molecular weight excluding hydrogens is 372 g/mol. The molecular formula is C21H36O4Si2. The molecule has 0 saturated carbocycles. The van der Waals surface area contributed by atoms with Crippen LogP contribution in [-0.4, -0.2) is 29.2 Å². The third-order valence-corrected chi connectivity index (χ3v) is 15.1. The van der Waals surface area contributed by atoms with Crippen LogP contribution in [0.4, 0.5) is 0 Å². The Balaban J connectivity index is 2.20. The number of fused-ring (bicyclic) bond motifs is 2. The predicted molar refractivity (Wildman–Crippen MR) is 115 cm³/mol. The Morgan fingerprint density at radius 1 is 0.778 bits per heavy atom. The molecule has 1 aromatic rings. The van der Waals surface area contributed by atoms with Crippen LogP contribution in [0.3, 0.4) is 0 Å². The fourth-order valence-electron chi connectivity index (χ4n) is 4.41. The smallest absolute Gasteiger partial charge is 0.232 e. The Morgan fingerprint density at radius 2 is 1.22 bits per heavy atom. The molecule has 1 aromatic carbocycles. The Kier molecular flexibility index (Phi) is 5.58. The van der Waals surface area contributed by atoms with Gasteiger partial charge in [-0.1, -0.05) is 48.5 Å². The molecule has 6 heteroatoms. The zero-order valence-electron chi connectivity index (χ0n) is 18.3. The summed E-state index contributed by atoms with van der Waals surface area (Å²) in [5, 5.41) is 2.52. The molecule has 0 spiro atoms. The minimum absolute atomic E-state index is 0.0677. The summed E-state index contributed by atoms with van der Waals surface area (Å²) in [7, 11) is -4.14. The van der Waals surface area contributed by atoms with Crippen LogP contribution in [0.1, 0.15) is 55.4 Å². The molecule has 0 N–H and O–H groups in total. The first kappa shape index (κ1) is 20.9. The normalized spacial score (nSPS) is 25.8. The minimum Gasteiger partial charge on any atom is -0.466 e. The molecule has 0 aliphatic carbocycles. The van der Waals surface area contributed by atoms with Crippen molar-refractivity contribution in [2.75, 3.05) is 0 Å². The largest absolute Gasteiger partial charge is 0.466 e. The molecule has 2 aliphatic rings. The van der Waals surface area contributed by atoms with Crippen LogP contribution in [0.25, 0.3) is 0 Å². The number of hydrogen-bond donors (Lipinski definition) is 0. The zero-order valence-corrected chi connectivity index (χ0v) is 20.3. The van der Waals surface area contributed by atoms with E-state index in [9.17, 15) is 0 Å². The highest BCUT2D eigenvalue weighted by Crippen LogP contribution is 2.39. The highest BCUT2D eigenvalue weighted by atomic mass is 28.4. The van der Waals surface area contributed by atoms with E-state index in [1.165, 1.54) is 10.4 Å². The van der Waals surface area contributed by atoms with Gasteiger partial charge in [0.1, 0.15) is 11.5 Å².